The Kier molecular flexibility index (Phi) is 3.57. The molecule has 1 heterocycles. The first-order chi connectivity index (χ1) is 8.66. The second kappa shape index (κ2) is 5.31. The van der Waals surface area contributed by atoms with E-state index in [1.807, 2.05) is 0 Å². The third-order valence-corrected chi connectivity index (χ3v) is 2.44. The number of ketones is 2. The monoisotopic (exact) mass is 243 g/mol. The van der Waals surface area contributed by atoms with Gasteiger partial charge >= 0.3 is 0 Å². The lowest BCUT2D eigenvalue weighted by Crippen LogP contribution is -2.09. The first kappa shape index (κ1) is 12.1. The lowest BCUT2D eigenvalue weighted by Gasteiger charge is -2.00. The Morgan fingerprint density at radius 3 is 2.33 bits per heavy atom. The molecule has 0 bridgehead atoms. The van der Waals surface area contributed by atoms with E-state index in [2.05, 4.69) is 4.98 Å². The van der Waals surface area contributed by atoms with Crippen LogP contribution in [0.4, 0.5) is 4.39 Å². The fourth-order valence-corrected chi connectivity index (χ4v) is 1.50. The highest BCUT2D eigenvalue weighted by molar-refractivity contribution is 6.12. The summed E-state index contributed by atoms with van der Waals surface area (Å²) >= 11 is 0. The van der Waals surface area contributed by atoms with Crippen molar-refractivity contribution in [1.29, 1.82) is 0 Å². The standard InChI is InChI=1S/C14H10FNO2/c15-11-6-4-10(5-7-11)13(17)9-14(18)12-3-1-2-8-16-12/h1-8H,9H2. The number of Topliss-reactive ketones (excluding diaryl/α,β-unsaturated/α-hetero) is 2. The molecule has 0 aliphatic rings. The quantitative estimate of drug-likeness (QED) is 0.612. The highest BCUT2D eigenvalue weighted by Gasteiger charge is 2.14. The number of rotatable bonds is 4. The molecule has 0 fully saturated rings. The normalized spacial score (nSPS) is 10.1. The van der Waals surface area contributed by atoms with Gasteiger partial charge in [0, 0.05) is 11.8 Å². The first-order valence-electron chi connectivity index (χ1n) is 5.40. The van der Waals surface area contributed by atoms with Gasteiger partial charge < -0.3 is 0 Å². The smallest absolute Gasteiger partial charge is 0.188 e. The summed E-state index contributed by atoms with van der Waals surface area (Å²) in [7, 11) is 0. The lowest BCUT2D eigenvalue weighted by molar-refractivity contribution is 0.0891. The van der Waals surface area contributed by atoms with Crippen molar-refractivity contribution in [2.75, 3.05) is 0 Å². The number of halogens is 1. The molecular weight excluding hydrogens is 233 g/mol. The van der Waals surface area contributed by atoms with Crippen LogP contribution in [0.15, 0.2) is 48.7 Å². The molecule has 18 heavy (non-hydrogen) atoms. The van der Waals surface area contributed by atoms with Crippen molar-refractivity contribution in [3.8, 4) is 0 Å². The lowest BCUT2D eigenvalue weighted by atomic mass is 10.0. The number of nitrogens with zero attached hydrogens (tertiary/aromatic N) is 1. The zero-order chi connectivity index (χ0) is 13.0. The fourth-order valence-electron chi connectivity index (χ4n) is 1.50. The zero-order valence-corrected chi connectivity index (χ0v) is 9.47. The minimum atomic E-state index is -0.414. The summed E-state index contributed by atoms with van der Waals surface area (Å²) in [5.41, 5.74) is 0.577. The van der Waals surface area contributed by atoms with Gasteiger partial charge in [-0.15, -0.1) is 0 Å². The third-order valence-electron chi connectivity index (χ3n) is 2.44. The van der Waals surface area contributed by atoms with Crippen molar-refractivity contribution in [3.63, 3.8) is 0 Å². The molecule has 0 saturated carbocycles. The van der Waals surface area contributed by atoms with Crippen LogP contribution in [0.2, 0.25) is 0 Å². The molecule has 2 rings (SSSR count). The molecule has 0 saturated heterocycles. The number of pyridine rings is 1. The summed E-state index contributed by atoms with van der Waals surface area (Å²) in [6.07, 6.45) is 1.23. The molecule has 0 N–H and O–H groups in total. The van der Waals surface area contributed by atoms with Gasteiger partial charge in [0.25, 0.3) is 0 Å². The van der Waals surface area contributed by atoms with Crippen molar-refractivity contribution in [3.05, 3.63) is 65.7 Å². The van der Waals surface area contributed by atoms with Crippen LogP contribution in [0.1, 0.15) is 27.3 Å². The van der Waals surface area contributed by atoms with Crippen molar-refractivity contribution in [2.24, 2.45) is 0 Å². The van der Waals surface area contributed by atoms with Crippen LogP contribution < -0.4 is 0 Å². The largest absolute Gasteiger partial charge is 0.294 e. The predicted molar refractivity (Wildman–Crippen MR) is 63.9 cm³/mol. The zero-order valence-electron chi connectivity index (χ0n) is 9.47. The fraction of sp³-hybridized carbons (Fsp3) is 0.0714. The summed E-state index contributed by atoms with van der Waals surface area (Å²) in [6.45, 7) is 0. The van der Waals surface area contributed by atoms with Crippen LogP contribution in [0.25, 0.3) is 0 Å². The van der Waals surface area contributed by atoms with Gasteiger partial charge in [0.15, 0.2) is 11.6 Å². The van der Waals surface area contributed by atoms with Crippen LogP contribution in [-0.4, -0.2) is 16.6 Å². The Labute approximate surface area is 103 Å². The van der Waals surface area contributed by atoms with E-state index in [0.29, 0.717) is 5.56 Å². The van der Waals surface area contributed by atoms with Gasteiger partial charge in [0.2, 0.25) is 0 Å². The topological polar surface area (TPSA) is 47.0 Å². The SMILES string of the molecule is O=C(CC(=O)c1ccccn1)c1ccc(F)cc1. The van der Waals surface area contributed by atoms with E-state index in [4.69, 9.17) is 0 Å². The maximum absolute atomic E-state index is 12.7. The third kappa shape index (κ3) is 2.85. The molecule has 90 valence electrons. The van der Waals surface area contributed by atoms with E-state index < -0.39 is 5.82 Å². The summed E-state index contributed by atoms with van der Waals surface area (Å²) in [5, 5.41) is 0. The molecule has 0 aliphatic heterocycles. The summed E-state index contributed by atoms with van der Waals surface area (Å²) in [5.74, 6) is -1.10. The minimum absolute atomic E-state index is 0.257. The average Bonchev–Trinajstić information content (AvgIpc) is 2.40. The molecule has 0 unspecified atom stereocenters. The summed E-state index contributed by atoms with van der Waals surface area (Å²) < 4.78 is 12.7. The molecule has 0 aliphatic carbocycles. The number of aromatic nitrogens is 1. The maximum atomic E-state index is 12.7. The van der Waals surface area contributed by atoms with E-state index in [1.54, 1.807) is 18.2 Å². The van der Waals surface area contributed by atoms with E-state index in [9.17, 15) is 14.0 Å². The van der Waals surface area contributed by atoms with Crippen LogP contribution in [0.3, 0.4) is 0 Å². The van der Waals surface area contributed by atoms with Gasteiger partial charge in [-0.3, -0.25) is 14.6 Å². The van der Waals surface area contributed by atoms with Crippen LogP contribution in [-0.2, 0) is 0 Å². The van der Waals surface area contributed by atoms with Crippen molar-refractivity contribution in [1.82, 2.24) is 4.98 Å². The number of hydrogen-bond acceptors (Lipinski definition) is 3. The molecule has 0 amide bonds. The Bertz CT molecular complexity index is 564. The molecule has 1 aromatic heterocycles. The van der Waals surface area contributed by atoms with Gasteiger partial charge in [0.05, 0.1) is 6.42 Å². The van der Waals surface area contributed by atoms with Crippen LogP contribution >= 0.6 is 0 Å². The van der Waals surface area contributed by atoms with Gasteiger partial charge in [-0.05, 0) is 36.4 Å². The Morgan fingerprint density at radius 2 is 1.72 bits per heavy atom. The molecule has 0 spiro atoms. The van der Waals surface area contributed by atoms with E-state index >= 15 is 0 Å². The molecule has 0 radical (unpaired) electrons. The second-order valence-corrected chi connectivity index (χ2v) is 3.75. The minimum Gasteiger partial charge on any atom is -0.294 e. The highest BCUT2D eigenvalue weighted by atomic mass is 19.1. The molecule has 0 atom stereocenters. The first-order valence-corrected chi connectivity index (χ1v) is 5.40. The molecule has 1 aromatic carbocycles. The van der Waals surface area contributed by atoms with Gasteiger partial charge in [-0.2, -0.15) is 0 Å². The van der Waals surface area contributed by atoms with Gasteiger partial charge in [-0.1, -0.05) is 6.07 Å². The second-order valence-electron chi connectivity index (χ2n) is 3.75. The van der Waals surface area contributed by atoms with Crippen molar-refractivity contribution < 1.29 is 14.0 Å². The van der Waals surface area contributed by atoms with Crippen molar-refractivity contribution >= 4 is 11.6 Å². The molecule has 3 nitrogen and oxygen atoms in total. The van der Waals surface area contributed by atoms with Gasteiger partial charge in [-0.25, -0.2) is 4.39 Å². The van der Waals surface area contributed by atoms with Crippen LogP contribution in [0, 0.1) is 5.82 Å². The number of carbonyl (C=O) groups excluding carboxylic acids is 2. The summed E-state index contributed by atoms with van der Waals surface area (Å²) in [4.78, 5) is 27.4. The van der Waals surface area contributed by atoms with E-state index in [0.717, 1.165) is 0 Å². The average molecular weight is 243 g/mol. The maximum Gasteiger partial charge on any atom is 0.188 e. The number of hydrogen-bond donors (Lipinski definition) is 0. The van der Waals surface area contributed by atoms with E-state index in [-0.39, 0.29) is 23.7 Å². The molecule has 4 heteroatoms. The van der Waals surface area contributed by atoms with Crippen molar-refractivity contribution in [2.45, 2.75) is 6.42 Å². The van der Waals surface area contributed by atoms with Crippen LogP contribution in [0.5, 0.6) is 0 Å². The summed E-state index contributed by atoms with van der Waals surface area (Å²) in [6, 6.07) is 10.0. The number of benzene rings is 1. The molecular formula is C14H10FNO2. The Hall–Kier alpha value is -2.36. The van der Waals surface area contributed by atoms with Gasteiger partial charge in [0.1, 0.15) is 11.5 Å². The number of carbonyl (C=O) groups is 2. The molecule has 2 aromatic rings. The Morgan fingerprint density at radius 1 is 1.00 bits per heavy atom. The highest BCUT2D eigenvalue weighted by Crippen LogP contribution is 2.08. The van der Waals surface area contributed by atoms with E-state index in [1.165, 1.54) is 30.5 Å². The Balaban J connectivity index is 2.08. The predicted octanol–water partition coefficient (Wildman–Crippen LogP) is 2.68.